The van der Waals surface area contributed by atoms with Crippen molar-refractivity contribution in [1.82, 2.24) is 14.9 Å². The van der Waals surface area contributed by atoms with Crippen molar-refractivity contribution in [1.29, 1.82) is 0 Å². The Morgan fingerprint density at radius 2 is 1.91 bits per heavy atom. The normalized spacial score (nSPS) is 27.9. The third-order valence-electron chi connectivity index (χ3n) is 7.10. The van der Waals surface area contributed by atoms with Gasteiger partial charge in [0.15, 0.2) is 0 Å². The molecular formula is C25H33N3O6S. The molecule has 1 saturated carbocycles. The minimum atomic E-state index is -3.88. The number of carbonyl (C=O) groups is 3. The summed E-state index contributed by atoms with van der Waals surface area (Å²) in [7, 11) is -2.63. The highest BCUT2D eigenvalue weighted by molar-refractivity contribution is 7.89. The Balaban J connectivity index is 1.70. The first-order valence-electron chi connectivity index (χ1n) is 12.2. The van der Waals surface area contributed by atoms with Gasteiger partial charge < -0.3 is 15.0 Å². The highest BCUT2D eigenvalue weighted by atomic mass is 32.2. The molecule has 2 heterocycles. The van der Waals surface area contributed by atoms with Gasteiger partial charge in [0, 0.05) is 19.0 Å². The lowest BCUT2D eigenvalue weighted by molar-refractivity contribution is -0.152. The lowest BCUT2D eigenvalue weighted by atomic mass is 9.83. The zero-order valence-corrected chi connectivity index (χ0v) is 20.8. The third-order valence-corrected chi connectivity index (χ3v) is 8.62. The smallest absolute Gasteiger partial charge is 0.328 e. The summed E-state index contributed by atoms with van der Waals surface area (Å²) >= 11 is 0. The number of nitrogens with zero attached hydrogens (tertiary/aromatic N) is 1. The number of rotatable bonds is 2. The molecule has 4 rings (SSSR count). The molecule has 0 spiro atoms. The Morgan fingerprint density at radius 1 is 1.14 bits per heavy atom. The molecule has 2 aliphatic heterocycles. The molecule has 9 nitrogen and oxygen atoms in total. The molecule has 2 N–H and O–H groups in total. The van der Waals surface area contributed by atoms with Crippen LogP contribution in [0.1, 0.15) is 56.9 Å². The number of esters is 1. The van der Waals surface area contributed by atoms with Crippen LogP contribution in [0.4, 0.5) is 0 Å². The lowest BCUT2D eigenvalue weighted by Gasteiger charge is -2.34. The topological polar surface area (TPSA) is 122 Å². The second kappa shape index (κ2) is 10.9. The van der Waals surface area contributed by atoms with Crippen LogP contribution >= 0.6 is 0 Å². The largest absolute Gasteiger partial charge is 0.467 e. The highest BCUT2D eigenvalue weighted by Gasteiger charge is 2.45. The van der Waals surface area contributed by atoms with E-state index in [-0.39, 0.29) is 42.0 Å². The van der Waals surface area contributed by atoms with Crippen LogP contribution < -0.4 is 10.0 Å². The molecule has 1 aliphatic carbocycles. The minimum Gasteiger partial charge on any atom is -0.467 e. The Kier molecular flexibility index (Phi) is 7.91. The summed E-state index contributed by atoms with van der Waals surface area (Å²) in [5, 5.41) is 2.95. The van der Waals surface area contributed by atoms with Gasteiger partial charge in [0.25, 0.3) is 0 Å². The molecule has 0 radical (unpaired) electrons. The molecule has 1 saturated heterocycles. The Hall–Kier alpha value is -2.72. The van der Waals surface area contributed by atoms with Crippen LogP contribution in [0.25, 0.3) is 6.08 Å². The summed E-state index contributed by atoms with van der Waals surface area (Å²) in [6.45, 7) is 0.0243. The molecule has 3 aliphatic rings. The SMILES string of the molecule is COC(=O)C1C[C@@H]2CN1C(=O)C(C1CCCCC1)NC(=O)CCC=Cc1cccc(c1)S(=O)(=O)N2. The Morgan fingerprint density at radius 3 is 2.66 bits per heavy atom. The van der Waals surface area contributed by atoms with Gasteiger partial charge >= 0.3 is 5.97 Å². The number of fused-ring (bicyclic) bond motifs is 4. The van der Waals surface area contributed by atoms with Crippen LogP contribution in [-0.2, 0) is 29.1 Å². The first-order valence-corrected chi connectivity index (χ1v) is 13.7. The number of hydrogen-bond donors (Lipinski definition) is 2. The van der Waals surface area contributed by atoms with Crippen molar-refractivity contribution in [3.05, 3.63) is 35.9 Å². The third kappa shape index (κ3) is 5.92. The fraction of sp³-hybridized carbons (Fsp3) is 0.560. The van der Waals surface area contributed by atoms with Crippen LogP contribution in [0.15, 0.2) is 35.2 Å². The van der Waals surface area contributed by atoms with Gasteiger partial charge in [-0.2, -0.15) is 0 Å². The summed E-state index contributed by atoms with van der Waals surface area (Å²) in [4.78, 5) is 40.7. The van der Waals surface area contributed by atoms with E-state index in [0.29, 0.717) is 12.0 Å². The van der Waals surface area contributed by atoms with Crippen molar-refractivity contribution in [3.8, 4) is 0 Å². The van der Waals surface area contributed by atoms with Crippen LogP contribution in [0.3, 0.4) is 0 Å². The van der Waals surface area contributed by atoms with Crippen LogP contribution in [0, 0.1) is 5.92 Å². The molecule has 4 bridgehead atoms. The summed E-state index contributed by atoms with van der Waals surface area (Å²) in [5.41, 5.74) is 0.705. The van der Waals surface area contributed by atoms with E-state index in [0.717, 1.165) is 32.1 Å². The average Bonchev–Trinajstić information content (AvgIpc) is 3.27. The summed E-state index contributed by atoms with van der Waals surface area (Å²) in [6, 6.07) is 4.16. The maximum atomic E-state index is 13.8. The second-order valence-electron chi connectivity index (χ2n) is 9.54. The molecule has 1 aromatic carbocycles. The van der Waals surface area contributed by atoms with E-state index in [1.807, 2.05) is 6.08 Å². The summed E-state index contributed by atoms with van der Waals surface area (Å²) < 4.78 is 33.8. The second-order valence-corrected chi connectivity index (χ2v) is 11.3. The van der Waals surface area contributed by atoms with E-state index >= 15 is 0 Å². The Bertz CT molecular complexity index is 1100. The standard InChI is InChI=1S/C25H33N3O6S/c1-34-25(31)21-15-19-16-28(21)24(30)23(18-10-3-2-4-11-18)26-22(29)13-6-5-8-17-9-7-12-20(14-17)35(32,33)27-19/h5,7-9,12,14,18-19,21,23,27H,2-4,6,10-11,13,15-16H2,1H3,(H,26,29)/t19-,21?,23?/m1/s1. The molecular weight excluding hydrogens is 470 g/mol. The predicted octanol–water partition coefficient (Wildman–Crippen LogP) is 1.98. The number of ether oxygens (including phenoxy) is 1. The van der Waals surface area contributed by atoms with Crippen LogP contribution in [0.2, 0.25) is 0 Å². The quantitative estimate of drug-likeness (QED) is 0.595. The van der Waals surface area contributed by atoms with Crippen molar-refractivity contribution in [2.24, 2.45) is 5.92 Å². The Labute approximate surface area is 206 Å². The lowest BCUT2D eigenvalue weighted by Crippen LogP contribution is -2.55. The van der Waals surface area contributed by atoms with E-state index in [1.165, 1.54) is 18.1 Å². The van der Waals surface area contributed by atoms with Crippen molar-refractivity contribution in [2.45, 2.75) is 74.4 Å². The highest BCUT2D eigenvalue weighted by Crippen LogP contribution is 2.30. The number of nitrogens with one attached hydrogen (secondary N) is 2. The molecule has 2 unspecified atom stereocenters. The number of benzene rings is 1. The molecule has 2 fully saturated rings. The van der Waals surface area contributed by atoms with E-state index in [4.69, 9.17) is 4.74 Å². The van der Waals surface area contributed by atoms with E-state index in [2.05, 4.69) is 10.0 Å². The molecule has 190 valence electrons. The van der Waals surface area contributed by atoms with Crippen molar-refractivity contribution >= 4 is 33.9 Å². The molecule has 1 aromatic rings. The fourth-order valence-corrected chi connectivity index (χ4v) is 6.60. The zero-order chi connectivity index (χ0) is 25.0. The van der Waals surface area contributed by atoms with Crippen molar-refractivity contribution < 1.29 is 27.5 Å². The molecule has 10 heteroatoms. The summed E-state index contributed by atoms with van der Waals surface area (Å²) in [6.07, 6.45) is 9.04. The molecule has 35 heavy (non-hydrogen) atoms. The van der Waals surface area contributed by atoms with Crippen LogP contribution in [0.5, 0.6) is 0 Å². The number of allylic oxidation sites excluding steroid dienone is 1. The molecule has 2 amide bonds. The average molecular weight is 504 g/mol. The first kappa shape index (κ1) is 25.4. The monoisotopic (exact) mass is 503 g/mol. The fourth-order valence-electron chi connectivity index (χ4n) is 5.30. The summed E-state index contributed by atoms with van der Waals surface area (Å²) in [5.74, 6) is -1.20. The zero-order valence-electron chi connectivity index (χ0n) is 19.9. The van der Waals surface area contributed by atoms with Gasteiger partial charge in [-0.05, 0) is 49.3 Å². The number of hydrogen-bond acceptors (Lipinski definition) is 6. The number of amides is 2. The van der Waals surface area contributed by atoms with E-state index in [9.17, 15) is 22.8 Å². The van der Waals surface area contributed by atoms with Gasteiger partial charge in [-0.3, -0.25) is 9.59 Å². The number of sulfonamides is 1. The van der Waals surface area contributed by atoms with Crippen molar-refractivity contribution in [3.63, 3.8) is 0 Å². The van der Waals surface area contributed by atoms with E-state index in [1.54, 1.807) is 24.3 Å². The van der Waals surface area contributed by atoms with Gasteiger partial charge in [-0.25, -0.2) is 17.9 Å². The maximum Gasteiger partial charge on any atom is 0.328 e. The van der Waals surface area contributed by atoms with Crippen LogP contribution in [-0.4, -0.2) is 62.9 Å². The van der Waals surface area contributed by atoms with Gasteiger partial charge in [-0.1, -0.05) is 43.5 Å². The number of carbonyl (C=O) groups excluding carboxylic acids is 3. The maximum absolute atomic E-state index is 13.8. The van der Waals surface area contributed by atoms with Crippen molar-refractivity contribution in [2.75, 3.05) is 13.7 Å². The van der Waals surface area contributed by atoms with Gasteiger partial charge in [0.1, 0.15) is 12.1 Å². The van der Waals surface area contributed by atoms with Gasteiger partial charge in [-0.15, -0.1) is 0 Å². The van der Waals surface area contributed by atoms with Gasteiger partial charge in [0.05, 0.1) is 12.0 Å². The van der Waals surface area contributed by atoms with Gasteiger partial charge in [0.2, 0.25) is 21.8 Å². The first-order chi connectivity index (χ1) is 16.8. The minimum absolute atomic E-state index is 0.0243. The molecule has 0 aromatic heterocycles. The van der Waals surface area contributed by atoms with E-state index < -0.39 is 34.1 Å². The predicted molar refractivity (Wildman–Crippen MR) is 129 cm³/mol. The molecule has 3 atom stereocenters. The number of methoxy groups -OCH3 is 1.